The second kappa shape index (κ2) is 11.8. The lowest BCUT2D eigenvalue weighted by Crippen LogP contribution is -2.62. The van der Waals surface area contributed by atoms with Crippen molar-refractivity contribution in [3.8, 4) is 0 Å². The Morgan fingerprint density at radius 1 is 1.11 bits per heavy atom. The minimum Gasteiger partial charge on any atom is -0.756 e. The standard InChI is InChI=1S/C13H35N2O9PSi3/c1-15(2,3)10-12-21-25(16,17)20-11-9-14-8-7-13-28(19-5)23-26-22-27(6,18-4)24-28/h14H,7-13,26H2,1-6H3. The van der Waals surface area contributed by atoms with Gasteiger partial charge in [-0.3, -0.25) is 4.57 Å². The van der Waals surface area contributed by atoms with E-state index in [1.165, 1.54) is 0 Å². The Labute approximate surface area is 172 Å². The molecular formula is C13H35N2O9PSi3. The third-order valence-electron chi connectivity index (χ3n) is 4.00. The fraction of sp³-hybridized carbons (Fsp3) is 1.00. The summed E-state index contributed by atoms with van der Waals surface area (Å²) in [6, 6.07) is 0.633. The summed E-state index contributed by atoms with van der Waals surface area (Å²) in [5.74, 6) is 0. The van der Waals surface area contributed by atoms with Crippen molar-refractivity contribution in [2.24, 2.45) is 0 Å². The van der Waals surface area contributed by atoms with Gasteiger partial charge in [0.2, 0.25) is 0 Å². The predicted molar refractivity (Wildman–Crippen MR) is 108 cm³/mol. The van der Waals surface area contributed by atoms with Crippen LogP contribution in [0.5, 0.6) is 0 Å². The molecule has 0 amide bonds. The molecule has 0 spiro atoms. The number of phosphoric ester groups is 1. The van der Waals surface area contributed by atoms with E-state index in [1.54, 1.807) is 14.2 Å². The number of rotatable bonds is 14. The third-order valence-corrected chi connectivity index (χ3v) is 14.9. The largest absolute Gasteiger partial charge is 0.756 e. The van der Waals surface area contributed by atoms with Crippen LogP contribution in [-0.2, 0) is 34.8 Å². The normalized spacial score (nSPS) is 29.1. The third kappa shape index (κ3) is 10.5. The molecule has 11 nitrogen and oxygen atoms in total. The summed E-state index contributed by atoms with van der Waals surface area (Å²) in [5.41, 5.74) is 0. The van der Waals surface area contributed by atoms with Gasteiger partial charge in [-0.25, -0.2) is 0 Å². The molecule has 1 heterocycles. The van der Waals surface area contributed by atoms with Crippen LogP contribution in [0, 0.1) is 0 Å². The van der Waals surface area contributed by atoms with E-state index < -0.39 is 35.4 Å². The molecule has 1 rings (SSSR count). The van der Waals surface area contributed by atoms with E-state index in [0.717, 1.165) is 6.42 Å². The maximum Gasteiger partial charge on any atom is 0.484 e. The van der Waals surface area contributed by atoms with Crippen molar-refractivity contribution >= 4 is 35.4 Å². The molecule has 1 aliphatic heterocycles. The van der Waals surface area contributed by atoms with Gasteiger partial charge in [0.15, 0.2) is 0 Å². The summed E-state index contributed by atoms with van der Waals surface area (Å²) in [6.07, 6.45) is 0.748. The molecule has 1 aliphatic rings. The fourth-order valence-electron chi connectivity index (χ4n) is 2.24. The first-order valence-corrected chi connectivity index (χ1v) is 15.9. The Morgan fingerprint density at radius 2 is 1.79 bits per heavy atom. The van der Waals surface area contributed by atoms with Gasteiger partial charge in [-0.15, -0.1) is 0 Å². The van der Waals surface area contributed by atoms with Gasteiger partial charge in [-0.1, -0.05) is 0 Å². The van der Waals surface area contributed by atoms with Crippen molar-refractivity contribution in [2.45, 2.75) is 19.0 Å². The average molecular weight is 479 g/mol. The first-order valence-electron chi connectivity index (χ1n) is 9.14. The van der Waals surface area contributed by atoms with Gasteiger partial charge >= 0.3 is 17.6 Å². The zero-order valence-electron chi connectivity index (χ0n) is 17.7. The number of nitrogens with one attached hydrogen (secondary N) is 1. The highest BCUT2D eigenvalue weighted by Gasteiger charge is 2.53. The summed E-state index contributed by atoms with van der Waals surface area (Å²) in [6.45, 7) is 3.55. The van der Waals surface area contributed by atoms with Gasteiger partial charge in [0.25, 0.3) is 17.8 Å². The Kier molecular flexibility index (Phi) is 11.1. The van der Waals surface area contributed by atoms with Crippen LogP contribution < -0.4 is 10.2 Å². The molecule has 1 fully saturated rings. The van der Waals surface area contributed by atoms with Crippen molar-refractivity contribution in [2.75, 3.05) is 68.2 Å². The van der Waals surface area contributed by atoms with Gasteiger partial charge in [0.1, 0.15) is 13.2 Å². The van der Waals surface area contributed by atoms with Crippen LogP contribution in [-0.4, -0.2) is 100 Å². The van der Waals surface area contributed by atoms with E-state index in [9.17, 15) is 9.46 Å². The second-order valence-electron chi connectivity index (χ2n) is 7.44. The van der Waals surface area contributed by atoms with Crippen LogP contribution in [0.15, 0.2) is 0 Å². The van der Waals surface area contributed by atoms with Gasteiger partial charge < -0.3 is 44.9 Å². The Hall–Kier alpha value is 0.481. The van der Waals surface area contributed by atoms with Crippen LogP contribution >= 0.6 is 7.82 Å². The fourth-order valence-corrected chi connectivity index (χ4v) is 12.5. The van der Waals surface area contributed by atoms with Crippen LogP contribution in [0.3, 0.4) is 0 Å². The molecule has 28 heavy (non-hydrogen) atoms. The lowest BCUT2D eigenvalue weighted by molar-refractivity contribution is -0.870. The number of quaternary nitrogens is 1. The monoisotopic (exact) mass is 478 g/mol. The van der Waals surface area contributed by atoms with E-state index in [4.69, 9.17) is 30.2 Å². The highest BCUT2D eigenvalue weighted by atomic mass is 31.2. The van der Waals surface area contributed by atoms with Crippen molar-refractivity contribution in [3.63, 3.8) is 0 Å². The van der Waals surface area contributed by atoms with Gasteiger partial charge in [0.05, 0.1) is 27.7 Å². The highest BCUT2D eigenvalue weighted by molar-refractivity contribution is 7.45. The number of nitrogens with zero attached hydrogens (tertiary/aromatic N) is 1. The second-order valence-corrected chi connectivity index (χ2v) is 16.6. The molecule has 1 saturated heterocycles. The zero-order chi connectivity index (χ0) is 21.3. The quantitative estimate of drug-likeness (QED) is 0.145. The lowest BCUT2D eigenvalue weighted by Gasteiger charge is -2.40. The molecule has 0 aromatic rings. The van der Waals surface area contributed by atoms with Crippen molar-refractivity contribution in [1.29, 1.82) is 0 Å². The summed E-state index contributed by atoms with van der Waals surface area (Å²) >= 11 is 0. The molecule has 1 N–H and O–H groups in total. The first-order chi connectivity index (χ1) is 12.9. The number of hydrogen-bond acceptors (Lipinski definition) is 10. The van der Waals surface area contributed by atoms with Crippen molar-refractivity contribution in [3.05, 3.63) is 0 Å². The molecule has 0 aliphatic carbocycles. The maximum absolute atomic E-state index is 11.7. The van der Waals surface area contributed by atoms with Crippen LogP contribution in [0.25, 0.3) is 0 Å². The Balaban J connectivity index is 2.19. The van der Waals surface area contributed by atoms with Crippen LogP contribution in [0.1, 0.15) is 6.42 Å². The van der Waals surface area contributed by atoms with Gasteiger partial charge in [0, 0.05) is 33.4 Å². The van der Waals surface area contributed by atoms with Crippen LogP contribution in [0.4, 0.5) is 0 Å². The van der Waals surface area contributed by atoms with E-state index in [2.05, 4.69) is 5.32 Å². The highest BCUT2D eigenvalue weighted by Crippen LogP contribution is 2.37. The Morgan fingerprint density at radius 3 is 2.39 bits per heavy atom. The summed E-state index contributed by atoms with van der Waals surface area (Å²) in [7, 11) is -1.81. The maximum atomic E-state index is 11.7. The molecule has 0 aromatic heterocycles. The summed E-state index contributed by atoms with van der Waals surface area (Å²) in [5, 5.41) is 3.13. The molecule has 168 valence electrons. The molecular weight excluding hydrogens is 443 g/mol. The summed E-state index contributed by atoms with van der Waals surface area (Å²) in [4.78, 5) is 11.7. The minimum absolute atomic E-state index is 0.0143. The average Bonchev–Trinajstić information content (AvgIpc) is 2.59. The SMILES string of the molecule is CO[Si]1(C)O[SiH2]O[Si](CCCNCCOP(=O)([O-])OCC[N+](C)(C)C)(OC)O1. The van der Waals surface area contributed by atoms with Crippen LogP contribution in [0.2, 0.25) is 12.6 Å². The van der Waals surface area contributed by atoms with E-state index in [-0.39, 0.29) is 13.2 Å². The molecule has 0 bridgehead atoms. The van der Waals surface area contributed by atoms with Crippen molar-refractivity contribution < 1.29 is 44.2 Å². The number of likely N-dealkylation sites (N-methyl/N-ethyl adjacent to an activating group) is 1. The number of hydrogen-bond donors (Lipinski definition) is 1. The smallest absolute Gasteiger partial charge is 0.484 e. The molecule has 3 atom stereocenters. The lowest BCUT2D eigenvalue weighted by atomic mass is 10.5. The molecule has 0 radical (unpaired) electrons. The predicted octanol–water partition coefficient (Wildman–Crippen LogP) is -0.963. The van der Waals surface area contributed by atoms with Crippen molar-refractivity contribution in [1.82, 2.24) is 5.32 Å². The van der Waals surface area contributed by atoms with Gasteiger partial charge in [-0.05, 0) is 13.0 Å². The number of phosphoric acid groups is 1. The molecule has 0 aromatic carbocycles. The van der Waals surface area contributed by atoms with E-state index >= 15 is 0 Å². The minimum atomic E-state index is -4.26. The molecule has 15 heteroatoms. The molecule has 0 saturated carbocycles. The first kappa shape index (κ1) is 26.5. The Bertz CT molecular complexity index is 516. The summed E-state index contributed by atoms with van der Waals surface area (Å²) < 4.78 is 50.2. The zero-order valence-corrected chi connectivity index (χ0v) is 22.0. The van der Waals surface area contributed by atoms with Gasteiger partial charge in [-0.2, -0.15) is 0 Å². The van der Waals surface area contributed by atoms with E-state index in [1.807, 2.05) is 27.7 Å². The van der Waals surface area contributed by atoms with E-state index in [0.29, 0.717) is 30.2 Å². The molecule has 3 unspecified atom stereocenters. The topological polar surface area (TPSA) is 117 Å².